The van der Waals surface area contributed by atoms with Crippen molar-refractivity contribution >= 4 is 21.4 Å². The zero-order valence-corrected chi connectivity index (χ0v) is 15.1. The van der Waals surface area contributed by atoms with Crippen molar-refractivity contribution in [2.75, 3.05) is 24.6 Å². The summed E-state index contributed by atoms with van der Waals surface area (Å²) in [7, 11) is 0. The predicted octanol–water partition coefficient (Wildman–Crippen LogP) is 3.67. The third-order valence-electron chi connectivity index (χ3n) is 4.31. The lowest BCUT2D eigenvalue weighted by Gasteiger charge is -2.32. The van der Waals surface area contributed by atoms with Crippen LogP contribution in [0.25, 0.3) is 4.96 Å². The van der Waals surface area contributed by atoms with Gasteiger partial charge in [-0.15, -0.1) is 5.10 Å². The highest BCUT2D eigenvalue weighted by molar-refractivity contribution is 7.20. The summed E-state index contributed by atoms with van der Waals surface area (Å²) in [5.41, 5.74) is 2.35. The molecule has 0 saturated carbocycles. The summed E-state index contributed by atoms with van der Waals surface area (Å²) < 4.78 is 7.86. The first-order chi connectivity index (χ1) is 11.5. The first-order valence-corrected chi connectivity index (χ1v) is 9.10. The van der Waals surface area contributed by atoms with Gasteiger partial charge in [0.25, 0.3) is 0 Å². The molecule has 24 heavy (non-hydrogen) atoms. The van der Waals surface area contributed by atoms with E-state index in [2.05, 4.69) is 49.9 Å². The maximum Gasteiger partial charge on any atom is 0.214 e. The number of benzene rings is 1. The molecule has 1 saturated heterocycles. The van der Waals surface area contributed by atoms with E-state index in [1.807, 2.05) is 16.8 Å². The summed E-state index contributed by atoms with van der Waals surface area (Å²) in [5, 5.41) is 5.76. The number of nitrogens with zero attached hydrogens (tertiary/aromatic N) is 4. The highest BCUT2D eigenvalue weighted by Gasteiger charge is 2.25. The van der Waals surface area contributed by atoms with Gasteiger partial charge in [-0.2, -0.15) is 0 Å². The molecule has 1 atom stereocenters. The van der Waals surface area contributed by atoms with Crippen LogP contribution in [0, 0.1) is 0 Å². The first-order valence-electron chi connectivity index (χ1n) is 8.29. The Hall–Kier alpha value is -1.92. The molecule has 5 nitrogen and oxygen atoms in total. The summed E-state index contributed by atoms with van der Waals surface area (Å²) in [6.45, 7) is 8.93. The normalized spacial score (nSPS) is 19.1. The second-order valence-electron chi connectivity index (χ2n) is 7.20. The van der Waals surface area contributed by atoms with Gasteiger partial charge < -0.3 is 9.64 Å². The van der Waals surface area contributed by atoms with Crippen molar-refractivity contribution in [3.8, 4) is 0 Å². The minimum Gasteiger partial charge on any atom is -0.370 e. The monoisotopic (exact) mass is 342 g/mol. The van der Waals surface area contributed by atoms with Gasteiger partial charge in [0.2, 0.25) is 10.1 Å². The van der Waals surface area contributed by atoms with Gasteiger partial charge in [0, 0.05) is 12.0 Å². The van der Waals surface area contributed by atoms with Crippen molar-refractivity contribution < 1.29 is 4.74 Å². The molecule has 3 aromatic rings. The van der Waals surface area contributed by atoms with E-state index in [1.165, 1.54) is 5.56 Å². The van der Waals surface area contributed by atoms with E-state index in [-0.39, 0.29) is 11.5 Å². The van der Waals surface area contributed by atoms with Crippen LogP contribution in [0.3, 0.4) is 0 Å². The Morgan fingerprint density at radius 3 is 2.71 bits per heavy atom. The molecule has 1 unspecified atom stereocenters. The van der Waals surface area contributed by atoms with E-state index in [1.54, 1.807) is 11.3 Å². The Morgan fingerprint density at radius 1 is 1.21 bits per heavy atom. The predicted molar refractivity (Wildman–Crippen MR) is 96.9 cm³/mol. The second-order valence-corrected chi connectivity index (χ2v) is 8.14. The summed E-state index contributed by atoms with van der Waals surface area (Å²) in [6.07, 6.45) is 2.14. The van der Waals surface area contributed by atoms with Crippen molar-refractivity contribution in [2.24, 2.45) is 0 Å². The molecule has 0 spiro atoms. The van der Waals surface area contributed by atoms with Crippen LogP contribution in [0.5, 0.6) is 0 Å². The third kappa shape index (κ3) is 2.91. The summed E-state index contributed by atoms with van der Waals surface area (Å²) in [6, 6.07) is 10.4. The van der Waals surface area contributed by atoms with Gasteiger partial charge in [-0.1, -0.05) is 62.4 Å². The molecule has 1 aliphatic rings. The highest BCUT2D eigenvalue weighted by atomic mass is 32.1. The molecule has 6 heteroatoms. The van der Waals surface area contributed by atoms with Gasteiger partial charge in [-0.05, 0) is 5.56 Å². The first kappa shape index (κ1) is 15.6. The number of rotatable bonds is 2. The summed E-state index contributed by atoms with van der Waals surface area (Å²) >= 11 is 1.65. The third-order valence-corrected chi connectivity index (χ3v) is 5.29. The Labute approximate surface area is 145 Å². The van der Waals surface area contributed by atoms with E-state index in [4.69, 9.17) is 14.8 Å². The fourth-order valence-corrected chi connectivity index (χ4v) is 3.79. The number of aromatic nitrogens is 3. The molecule has 1 aliphatic heterocycles. The van der Waals surface area contributed by atoms with Crippen LogP contribution in [0.15, 0.2) is 36.5 Å². The average molecular weight is 342 g/mol. The number of ether oxygens (including phenoxy) is 1. The molecular weight excluding hydrogens is 320 g/mol. The molecule has 0 amide bonds. The maximum atomic E-state index is 5.95. The Bertz CT molecular complexity index is 802. The van der Waals surface area contributed by atoms with Gasteiger partial charge in [-0.3, -0.25) is 0 Å². The molecule has 0 N–H and O–H groups in total. The lowest BCUT2D eigenvalue weighted by molar-refractivity contribution is 0.0397. The summed E-state index contributed by atoms with van der Waals surface area (Å²) in [4.78, 5) is 8.00. The largest absolute Gasteiger partial charge is 0.370 e. The maximum absolute atomic E-state index is 5.95. The molecule has 4 rings (SSSR count). The molecule has 2 aromatic heterocycles. The SMILES string of the molecule is CC(C)(C)c1cn2nc(N3CCOC(c4ccccc4)C3)sc2n1. The standard InChI is InChI=1S/C18H22N4OS/c1-18(2,3)15-12-22-16(19-15)24-17(20-22)21-9-10-23-14(11-21)13-7-5-4-6-8-13/h4-8,12,14H,9-11H2,1-3H3. The Morgan fingerprint density at radius 2 is 2.00 bits per heavy atom. The van der Waals surface area contributed by atoms with Crippen LogP contribution in [0.2, 0.25) is 0 Å². The van der Waals surface area contributed by atoms with E-state index in [0.29, 0.717) is 6.61 Å². The quantitative estimate of drug-likeness (QED) is 0.713. The number of hydrogen-bond acceptors (Lipinski definition) is 5. The van der Waals surface area contributed by atoms with Crippen LogP contribution in [0.4, 0.5) is 5.13 Å². The fraction of sp³-hybridized carbons (Fsp3) is 0.444. The molecule has 0 bridgehead atoms. The van der Waals surface area contributed by atoms with Crippen LogP contribution >= 0.6 is 11.3 Å². The molecule has 3 heterocycles. The van der Waals surface area contributed by atoms with E-state index >= 15 is 0 Å². The zero-order chi connectivity index (χ0) is 16.7. The Kier molecular flexibility index (Phi) is 3.81. The molecule has 0 aliphatic carbocycles. The van der Waals surface area contributed by atoms with Crippen LogP contribution in [0.1, 0.15) is 38.1 Å². The van der Waals surface area contributed by atoms with Crippen molar-refractivity contribution in [3.05, 3.63) is 47.8 Å². The lowest BCUT2D eigenvalue weighted by Crippen LogP contribution is -2.38. The second kappa shape index (κ2) is 5.86. The van der Waals surface area contributed by atoms with Crippen LogP contribution in [-0.2, 0) is 10.2 Å². The van der Waals surface area contributed by atoms with E-state index in [9.17, 15) is 0 Å². The fourth-order valence-electron chi connectivity index (χ4n) is 2.87. The highest BCUT2D eigenvalue weighted by Crippen LogP contribution is 2.30. The topological polar surface area (TPSA) is 42.7 Å². The number of hydrogen-bond donors (Lipinski definition) is 0. The minimum absolute atomic E-state index is 0.0466. The summed E-state index contributed by atoms with van der Waals surface area (Å²) in [5.74, 6) is 0. The van der Waals surface area contributed by atoms with Crippen LogP contribution in [-0.4, -0.2) is 34.3 Å². The van der Waals surface area contributed by atoms with E-state index in [0.717, 1.165) is 28.9 Å². The van der Waals surface area contributed by atoms with Crippen molar-refractivity contribution in [1.82, 2.24) is 14.6 Å². The molecule has 1 fully saturated rings. The number of imidazole rings is 1. The number of anilines is 1. The lowest BCUT2D eigenvalue weighted by atomic mass is 9.93. The average Bonchev–Trinajstić information content (AvgIpc) is 3.14. The molecule has 0 radical (unpaired) electrons. The smallest absolute Gasteiger partial charge is 0.214 e. The van der Waals surface area contributed by atoms with Gasteiger partial charge in [0.05, 0.1) is 25.0 Å². The van der Waals surface area contributed by atoms with E-state index < -0.39 is 0 Å². The Balaban J connectivity index is 1.57. The number of morpholine rings is 1. The molecular formula is C18H22N4OS. The van der Waals surface area contributed by atoms with Gasteiger partial charge in [0.1, 0.15) is 6.10 Å². The molecule has 126 valence electrons. The van der Waals surface area contributed by atoms with Gasteiger partial charge >= 0.3 is 0 Å². The minimum atomic E-state index is 0.0466. The molecule has 1 aromatic carbocycles. The van der Waals surface area contributed by atoms with Crippen molar-refractivity contribution in [3.63, 3.8) is 0 Å². The zero-order valence-electron chi connectivity index (χ0n) is 14.3. The van der Waals surface area contributed by atoms with Gasteiger partial charge in [0.15, 0.2) is 0 Å². The van der Waals surface area contributed by atoms with Gasteiger partial charge in [-0.25, -0.2) is 9.50 Å². The van der Waals surface area contributed by atoms with Crippen molar-refractivity contribution in [1.29, 1.82) is 0 Å². The number of fused-ring (bicyclic) bond motifs is 1. The van der Waals surface area contributed by atoms with Crippen LogP contribution < -0.4 is 4.90 Å². The van der Waals surface area contributed by atoms with Crippen molar-refractivity contribution in [2.45, 2.75) is 32.3 Å².